The number of nitrogens with zero attached hydrogens (tertiary/aromatic N) is 2. The molecule has 23 heavy (non-hydrogen) atoms. The summed E-state index contributed by atoms with van der Waals surface area (Å²) in [7, 11) is 0. The van der Waals surface area contributed by atoms with E-state index in [1.807, 2.05) is 12.1 Å². The van der Waals surface area contributed by atoms with Gasteiger partial charge < -0.3 is 9.84 Å². The van der Waals surface area contributed by atoms with E-state index in [4.69, 9.17) is 16.7 Å². The third-order valence-corrected chi connectivity index (χ3v) is 3.63. The Kier molecular flexibility index (Phi) is 6.39. The summed E-state index contributed by atoms with van der Waals surface area (Å²) in [5, 5.41) is 18.5. The number of aromatic amines is 1. The molecule has 0 fully saturated rings. The van der Waals surface area contributed by atoms with Crippen LogP contribution in [0.5, 0.6) is 0 Å². The molecule has 1 aromatic heterocycles. The van der Waals surface area contributed by atoms with Crippen LogP contribution in [0.25, 0.3) is 0 Å². The van der Waals surface area contributed by atoms with Crippen molar-refractivity contribution in [2.75, 3.05) is 18.5 Å². The summed E-state index contributed by atoms with van der Waals surface area (Å²) >= 11 is 7.21. The van der Waals surface area contributed by atoms with E-state index in [1.54, 1.807) is 12.1 Å². The average molecular weight is 357 g/mol. The van der Waals surface area contributed by atoms with Crippen molar-refractivity contribution < 1.29 is 19.4 Å². The van der Waals surface area contributed by atoms with E-state index >= 15 is 0 Å². The molecule has 0 saturated carbocycles. The summed E-state index contributed by atoms with van der Waals surface area (Å²) in [5.41, 5.74) is 1.07. The zero-order valence-corrected chi connectivity index (χ0v) is 13.4. The van der Waals surface area contributed by atoms with Crippen molar-refractivity contribution in [3.63, 3.8) is 0 Å². The van der Waals surface area contributed by atoms with Gasteiger partial charge in [0.1, 0.15) is 13.2 Å². The smallest absolute Gasteiger partial charge is 0.329 e. The van der Waals surface area contributed by atoms with Gasteiger partial charge >= 0.3 is 5.97 Å². The Labute approximate surface area is 140 Å². The monoisotopic (exact) mass is 356 g/mol. The van der Waals surface area contributed by atoms with Crippen LogP contribution in [0, 0.1) is 0 Å². The molecule has 122 valence electrons. The number of rotatable bonds is 8. The molecule has 0 saturated heterocycles. The van der Waals surface area contributed by atoms with Gasteiger partial charge in [0, 0.05) is 10.8 Å². The molecule has 2 aromatic rings. The van der Waals surface area contributed by atoms with Gasteiger partial charge in [-0.05, 0) is 17.7 Å². The van der Waals surface area contributed by atoms with E-state index in [2.05, 4.69) is 25.2 Å². The Balaban J connectivity index is 1.77. The van der Waals surface area contributed by atoms with Gasteiger partial charge in [0.05, 0.1) is 0 Å². The normalized spacial score (nSPS) is 10.5. The Morgan fingerprint density at radius 1 is 1.30 bits per heavy atom. The van der Waals surface area contributed by atoms with Gasteiger partial charge in [-0.2, -0.15) is 4.98 Å². The minimum absolute atomic E-state index is 0.174. The molecular formula is C13H13ClN4O4S. The second kappa shape index (κ2) is 8.51. The number of benzene rings is 1. The third-order valence-electron chi connectivity index (χ3n) is 2.46. The Hall–Kier alpha value is -2.10. The zero-order chi connectivity index (χ0) is 16.7. The number of H-pyrrole nitrogens is 1. The highest BCUT2D eigenvalue weighted by Gasteiger charge is 2.09. The van der Waals surface area contributed by atoms with Crippen molar-refractivity contribution in [1.29, 1.82) is 0 Å². The molecule has 0 aliphatic rings. The van der Waals surface area contributed by atoms with Crippen LogP contribution in [0.3, 0.4) is 0 Å². The highest BCUT2D eigenvalue weighted by atomic mass is 35.5. The van der Waals surface area contributed by atoms with Gasteiger partial charge in [0.15, 0.2) is 0 Å². The van der Waals surface area contributed by atoms with E-state index in [9.17, 15) is 9.59 Å². The topological polar surface area (TPSA) is 117 Å². The van der Waals surface area contributed by atoms with Crippen molar-refractivity contribution in [2.45, 2.75) is 10.9 Å². The summed E-state index contributed by atoms with van der Waals surface area (Å²) in [6, 6.07) is 7.42. The molecule has 1 heterocycles. The summed E-state index contributed by atoms with van der Waals surface area (Å²) in [4.78, 5) is 25.8. The van der Waals surface area contributed by atoms with Crippen LogP contribution in [0.4, 0.5) is 5.95 Å². The lowest BCUT2D eigenvalue weighted by Crippen LogP contribution is -2.21. The summed E-state index contributed by atoms with van der Waals surface area (Å²) in [6.07, 6.45) is 0. The number of halogens is 1. The maximum absolute atomic E-state index is 11.5. The summed E-state index contributed by atoms with van der Waals surface area (Å²) in [6.45, 7) is -0.910. The molecular weight excluding hydrogens is 344 g/mol. The molecule has 10 heteroatoms. The Morgan fingerprint density at radius 2 is 2.04 bits per heavy atom. The molecule has 0 aliphatic heterocycles. The molecule has 0 bridgehead atoms. The largest absolute Gasteiger partial charge is 0.480 e. The molecule has 3 N–H and O–H groups in total. The van der Waals surface area contributed by atoms with Gasteiger partial charge in [-0.25, -0.2) is 9.89 Å². The number of amides is 1. The molecule has 0 unspecified atom stereocenters. The minimum Gasteiger partial charge on any atom is -0.480 e. The first kappa shape index (κ1) is 17.3. The molecule has 8 nitrogen and oxygen atoms in total. The van der Waals surface area contributed by atoms with Gasteiger partial charge in [-0.3, -0.25) is 10.1 Å². The maximum Gasteiger partial charge on any atom is 0.329 e. The molecule has 1 aromatic carbocycles. The number of anilines is 1. The number of aromatic nitrogens is 3. The fraction of sp³-hybridized carbons (Fsp3) is 0.231. The van der Waals surface area contributed by atoms with Crippen molar-refractivity contribution in [3.05, 3.63) is 34.9 Å². The molecule has 0 radical (unpaired) electrons. The number of carbonyl (C=O) groups excluding carboxylic acids is 1. The van der Waals surface area contributed by atoms with Crippen molar-refractivity contribution in [1.82, 2.24) is 15.2 Å². The van der Waals surface area contributed by atoms with Gasteiger partial charge in [-0.15, -0.1) is 5.10 Å². The molecule has 0 aliphatic carbocycles. The first-order valence-electron chi connectivity index (χ1n) is 6.42. The summed E-state index contributed by atoms with van der Waals surface area (Å²) < 4.78 is 4.66. The van der Waals surface area contributed by atoms with Crippen LogP contribution < -0.4 is 5.32 Å². The van der Waals surface area contributed by atoms with Crippen LogP contribution >= 0.6 is 23.4 Å². The fourth-order valence-corrected chi connectivity index (χ4v) is 2.37. The Bertz CT molecular complexity index is 677. The number of carboxylic acids is 1. The van der Waals surface area contributed by atoms with Gasteiger partial charge in [-0.1, -0.05) is 35.5 Å². The van der Waals surface area contributed by atoms with E-state index < -0.39 is 18.5 Å². The van der Waals surface area contributed by atoms with Gasteiger partial charge in [0.2, 0.25) is 11.1 Å². The first-order chi connectivity index (χ1) is 11.0. The highest BCUT2D eigenvalue weighted by Crippen LogP contribution is 2.21. The predicted octanol–water partition coefficient (Wildman–Crippen LogP) is 1.79. The number of carboxylic acid groups (broad SMARTS) is 1. The molecule has 2 rings (SSSR count). The maximum atomic E-state index is 11.5. The van der Waals surface area contributed by atoms with Crippen molar-refractivity contribution >= 4 is 41.2 Å². The van der Waals surface area contributed by atoms with Gasteiger partial charge in [0.25, 0.3) is 5.91 Å². The summed E-state index contributed by atoms with van der Waals surface area (Å²) in [5.74, 6) is -0.827. The van der Waals surface area contributed by atoms with Crippen LogP contribution in [0.1, 0.15) is 5.56 Å². The number of carbonyl (C=O) groups is 2. The molecule has 0 spiro atoms. The second-order valence-corrected chi connectivity index (χ2v) is 5.70. The number of nitrogens with one attached hydrogen (secondary N) is 2. The van der Waals surface area contributed by atoms with E-state index in [0.29, 0.717) is 15.9 Å². The fourth-order valence-electron chi connectivity index (χ4n) is 1.49. The van der Waals surface area contributed by atoms with Crippen LogP contribution in [0.2, 0.25) is 5.02 Å². The average Bonchev–Trinajstić information content (AvgIpc) is 2.93. The first-order valence-corrected chi connectivity index (χ1v) is 7.78. The van der Waals surface area contributed by atoms with Crippen LogP contribution in [-0.4, -0.2) is 45.4 Å². The van der Waals surface area contributed by atoms with Crippen LogP contribution in [-0.2, 0) is 20.1 Å². The number of hydrogen-bond acceptors (Lipinski definition) is 6. The highest BCUT2D eigenvalue weighted by molar-refractivity contribution is 7.98. The molecule has 1 amide bonds. The molecule has 0 atom stereocenters. The number of aliphatic carboxylic acids is 1. The standard InChI is InChI=1S/C13H13ClN4O4S/c14-9-3-1-8(2-4-9)7-23-13-16-12(17-18-13)15-10(19)5-22-6-11(20)21/h1-4H,5-7H2,(H,20,21)(H2,15,16,17,18,19). The Morgan fingerprint density at radius 3 is 2.74 bits per heavy atom. The lowest BCUT2D eigenvalue weighted by atomic mass is 10.2. The van der Waals surface area contributed by atoms with Crippen molar-refractivity contribution in [3.8, 4) is 0 Å². The van der Waals surface area contributed by atoms with E-state index in [1.165, 1.54) is 11.8 Å². The van der Waals surface area contributed by atoms with Crippen molar-refractivity contribution in [2.24, 2.45) is 0 Å². The lowest BCUT2D eigenvalue weighted by molar-refractivity contribution is -0.143. The number of thioether (sulfide) groups is 1. The van der Waals surface area contributed by atoms with E-state index in [-0.39, 0.29) is 12.6 Å². The number of ether oxygens (including phenoxy) is 1. The van der Waals surface area contributed by atoms with E-state index in [0.717, 1.165) is 5.56 Å². The van der Waals surface area contributed by atoms with Crippen LogP contribution in [0.15, 0.2) is 29.4 Å². The third kappa shape index (κ3) is 6.27. The second-order valence-electron chi connectivity index (χ2n) is 4.32. The number of hydrogen-bond donors (Lipinski definition) is 3. The quantitative estimate of drug-likeness (QED) is 0.617. The zero-order valence-electron chi connectivity index (χ0n) is 11.8. The SMILES string of the molecule is O=C(O)COCC(=O)Nc1nc(SCc2ccc(Cl)cc2)n[nH]1. The minimum atomic E-state index is -1.14. The predicted molar refractivity (Wildman–Crippen MR) is 84.5 cm³/mol. The lowest BCUT2D eigenvalue weighted by Gasteiger charge is -2.01.